The minimum Gasteiger partial charge on any atom is -0.400 e. The summed E-state index contributed by atoms with van der Waals surface area (Å²) in [6, 6.07) is 7.39. The monoisotopic (exact) mass is 200 g/mol. The molecule has 1 rings (SSSR count). The van der Waals surface area contributed by atoms with Gasteiger partial charge in [-0.05, 0) is 18.6 Å². The molecule has 0 unspecified atom stereocenters. The minimum atomic E-state index is 0.137. The number of ketones is 1. The van der Waals surface area contributed by atoms with E-state index in [1.165, 1.54) is 0 Å². The summed E-state index contributed by atoms with van der Waals surface area (Å²) in [5.74, 6) is 0.137. The Bertz CT molecular complexity index is 271. The fraction of sp³-hybridized carbons (Fsp3) is 0.300. The lowest BCUT2D eigenvalue weighted by molar-refractivity contribution is -0.116. The Kier molecular flexibility index (Phi) is 6.20. The summed E-state index contributed by atoms with van der Waals surface area (Å²) in [5, 5.41) is 7.67. The van der Waals surface area contributed by atoms with Crippen LogP contribution in [0.5, 0.6) is 0 Å². The Hall–Kier alpha value is -0.860. The van der Waals surface area contributed by atoms with E-state index in [9.17, 15) is 4.79 Å². The largest absolute Gasteiger partial charge is 0.400 e. The lowest BCUT2D eigenvalue weighted by Crippen LogP contribution is -1.96. The molecule has 72 valence electrons. The van der Waals surface area contributed by atoms with Crippen molar-refractivity contribution in [3.8, 4) is 0 Å². The molecule has 0 aromatic heterocycles. The van der Waals surface area contributed by atoms with Crippen molar-refractivity contribution in [3.05, 3.63) is 34.9 Å². The van der Waals surface area contributed by atoms with Gasteiger partial charge in [0.15, 0.2) is 0 Å². The van der Waals surface area contributed by atoms with Gasteiger partial charge in [0, 0.05) is 18.6 Å². The zero-order valence-corrected chi connectivity index (χ0v) is 8.51. The van der Waals surface area contributed by atoms with E-state index in [2.05, 4.69) is 0 Å². The number of hydrogen-bond donors (Lipinski definition) is 1. The number of hydrogen-bond acceptors (Lipinski definition) is 2. The molecule has 0 atom stereocenters. The van der Waals surface area contributed by atoms with E-state index in [1.54, 1.807) is 13.0 Å². The van der Waals surface area contributed by atoms with Gasteiger partial charge in [-0.15, -0.1) is 0 Å². The molecule has 0 aliphatic rings. The topological polar surface area (TPSA) is 37.3 Å². The van der Waals surface area contributed by atoms with Crippen LogP contribution in [0.1, 0.15) is 12.5 Å². The first kappa shape index (κ1) is 12.1. The van der Waals surface area contributed by atoms with Gasteiger partial charge in [0.05, 0.1) is 0 Å². The van der Waals surface area contributed by atoms with Crippen LogP contribution < -0.4 is 0 Å². The van der Waals surface area contributed by atoms with Gasteiger partial charge in [0.25, 0.3) is 0 Å². The SMILES string of the molecule is CC(=O)Cc1ccccc1Cl.CO. The van der Waals surface area contributed by atoms with E-state index in [0.29, 0.717) is 11.4 Å². The lowest BCUT2D eigenvalue weighted by Gasteiger charge is -1.98. The molecule has 0 fully saturated rings. The Morgan fingerprint density at radius 1 is 1.38 bits per heavy atom. The molecule has 0 aliphatic heterocycles. The quantitative estimate of drug-likeness (QED) is 0.794. The van der Waals surface area contributed by atoms with E-state index in [1.807, 2.05) is 18.2 Å². The number of rotatable bonds is 2. The highest BCUT2D eigenvalue weighted by atomic mass is 35.5. The number of carbonyl (C=O) groups excluding carboxylic acids is 1. The molecule has 0 saturated heterocycles. The minimum absolute atomic E-state index is 0.137. The molecule has 13 heavy (non-hydrogen) atoms. The number of Topliss-reactive ketones (excluding diaryl/α,β-unsaturated/α-hetero) is 1. The van der Waals surface area contributed by atoms with Crippen LogP contribution in [0.3, 0.4) is 0 Å². The zero-order valence-electron chi connectivity index (χ0n) is 7.75. The Labute approximate surface area is 83.2 Å². The van der Waals surface area contributed by atoms with Gasteiger partial charge in [-0.1, -0.05) is 29.8 Å². The Balaban J connectivity index is 0.000000671. The molecule has 1 aromatic carbocycles. The fourth-order valence-corrected chi connectivity index (χ4v) is 1.11. The number of halogens is 1. The molecule has 1 N–H and O–H groups in total. The van der Waals surface area contributed by atoms with Crippen LogP contribution in [-0.4, -0.2) is 18.0 Å². The molecule has 0 amide bonds. The molecule has 0 saturated carbocycles. The Morgan fingerprint density at radius 3 is 2.38 bits per heavy atom. The maximum Gasteiger partial charge on any atom is 0.134 e. The van der Waals surface area contributed by atoms with Gasteiger partial charge in [0.2, 0.25) is 0 Å². The summed E-state index contributed by atoms with van der Waals surface area (Å²) in [4.78, 5) is 10.7. The predicted octanol–water partition coefficient (Wildman–Crippen LogP) is 2.08. The molecular weight excluding hydrogens is 188 g/mol. The molecule has 0 aliphatic carbocycles. The number of benzene rings is 1. The van der Waals surface area contributed by atoms with E-state index in [4.69, 9.17) is 16.7 Å². The molecule has 2 nitrogen and oxygen atoms in total. The molecule has 0 radical (unpaired) electrons. The first-order valence-corrected chi connectivity index (χ1v) is 4.25. The predicted molar refractivity (Wildman–Crippen MR) is 54.0 cm³/mol. The normalized spacial score (nSPS) is 8.62. The molecule has 0 bridgehead atoms. The second-order valence-electron chi connectivity index (χ2n) is 2.47. The van der Waals surface area contributed by atoms with Crippen molar-refractivity contribution < 1.29 is 9.90 Å². The molecule has 3 heteroatoms. The summed E-state index contributed by atoms with van der Waals surface area (Å²) in [7, 11) is 1.00. The standard InChI is InChI=1S/C9H9ClO.CH4O/c1-7(11)6-8-4-2-3-5-9(8)10;1-2/h2-5H,6H2,1H3;2H,1H3. The van der Waals surface area contributed by atoms with Crippen LogP contribution in [-0.2, 0) is 11.2 Å². The average molecular weight is 201 g/mol. The molecule has 0 spiro atoms. The fourth-order valence-electron chi connectivity index (χ4n) is 0.910. The van der Waals surface area contributed by atoms with Gasteiger partial charge >= 0.3 is 0 Å². The number of aliphatic hydroxyl groups is 1. The van der Waals surface area contributed by atoms with Crippen molar-refractivity contribution in [2.75, 3.05) is 7.11 Å². The van der Waals surface area contributed by atoms with Crippen molar-refractivity contribution in [1.82, 2.24) is 0 Å². The smallest absolute Gasteiger partial charge is 0.134 e. The van der Waals surface area contributed by atoms with Crippen LogP contribution in [0.25, 0.3) is 0 Å². The highest BCUT2D eigenvalue weighted by molar-refractivity contribution is 6.31. The first-order valence-electron chi connectivity index (χ1n) is 3.87. The summed E-state index contributed by atoms with van der Waals surface area (Å²) in [6.07, 6.45) is 0.430. The highest BCUT2D eigenvalue weighted by Gasteiger charge is 2.00. The van der Waals surface area contributed by atoms with Gasteiger partial charge in [-0.25, -0.2) is 0 Å². The summed E-state index contributed by atoms with van der Waals surface area (Å²) in [5.41, 5.74) is 0.904. The van der Waals surface area contributed by atoms with E-state index in [0.717, 1.165) is 12.7 Å². The van der Waals surface area contributed by atoms with Gasteiger partial charge < -0.3 is 5.11 Å². The van der Waals surface area contributed by atoms with E-state index < -0.39 is 0 Å². The average Bonchev–Trinajstić information content (AvgIpc) is 2.12. The first-order chi connectivity index (χ1) is 6.20. The molecule has 1 aromatic rings. The second-order valence-corrected chi connectivity index (χ2v) is 2.88. The lowest BCUT2D eigenvalue weighted by atomic mass is 10.1. The van der Waals surface area contributed by atoms with E-state index >= 15 is 0 Å². The summed E-state index contributed by atoms with van der Waals surface area (Å²) < 4.78 is 0. The van der Waals surface area contributed by atoms with Crippen molar-refractivity contribution in [1.29, 1.82) is 0 Å². The maximum absolute atomic E-state index is 10.7. The highest BCUT2D eigenvalue weighted by Crippen LogP contribution is 2.15. The van der Waals surface area contributed by atoms with Crippen LogP contribution in [0, 0.1) is 0 Å². The third-order valence-corrected chi connectivity index (χ3v) is 1.77. The molecule has 0 heterocycles. The van der Waals surface area contributed by atoms with E-state index in [-0.39, 0.29) is 5.78 Å². The van der Waals surface area contributed by atoms with Crippen molar-refractivity contribution in [2.24, 2.45) is 0 Å². The van der Waals surface area contributed by atoms with Gasteiger partial charge in [-0.3, -0.25) is 4.79 Å². The second kappa shape index (κ2) is 6.63. The van der Waals surface area contributed by atoms with Crippen molar-refractivity contribution >= 4 is 17.4 Å². The van der Waals surface area contributed by atoms with Crippen LogP contribution in [0.4, 0.5) is 0 Å². The zero-order chi connectivity index (χ0) is 10.3. The maximum atomic E-state index is 10.7. The third kappa shape index (κ3) is 4.65. The van der Waals surface area contributed by atoms with Crippen molar-refractivity contribution in [2.45, 2.75) is 13.3 Å². The number of carbonyl (C=O) groups is 1. The Morgan fingerprint density at radius 2 is 1.92 bits per heavy atom. The molecular formula is C10H13ClO2. The number of aliphatic hydroxyl groups excluding tert-OH is 1. The van der Waals surface area contributed by atoms with Crippen LogP contribution in [0.15, 0.2) is 24.3 Å². The van der Waals surface area contributed by atoms with Crippen LogP contribution >= 0.6 is 11.6 Å². The van der Waals surface area contributed by atoms with Gasteiger partial charge in [-0.2, -0.15) is 0 Å². The third-order valence-electron chi connectivity index (χ3n) is 1.40. The van der Waals surface area contributed by atoms with Gasteiger partial charge in [0.1, 0.15) is 5.78 Å². The summed E-state index contributed by atoms with van der Waals surface area (Å²) in [6.45, 7) is 1.56. The van der Waals surface area contributed by atoms with Crippen LogP contribution in [0.2, 0.25) is 5.02 Å². The summed E-state index contributed by atoms with van der Waals surface area (Å²) >= 11 is 5.82. The van der Waals surface area contributed by atoms with Crippen molar-refractivity contribution in [3.63, 3.8) is 0 Å².